The Morgan fingerprint density at radius 2 is 1.81 bits per heavy atom. The van der Waals surface area contributed by atoms with E-state index in [0.717, 1.165) is 53.9 Å². The number of anilines is 1. The summed E-state index contributed by atoms with van der Waals surface area (Å²) in [6.07, 6.45) is 5.27. The minimum absolute atomic E-state index is 0.0747. The Bertz CT molecular complexity index is 1460. The molecule has 43 heavy (non-hydrogen) atoms. The van der Waals surface area contributed by atoms with Crippen LogP contribution in [0.4, 0.5) is 5.95 Å². The van der Waals surface area contributed by atoms with Crippen LogP contribution in [-0.4, -0.2) is 59.7 Å². The van der Waals surface area contributed by atoms with Gasteiger partial charge in [0.1, 0.15) is 12.3 Å². The SMILES string of the molecule is COc1c2nc(nc1-c1c(C)cccc1C)NSc1cccc(c1)C(=O)N(C1CC3(CCNCC3)C1)C(CC(C)C)CO2. The van der Waals surface area contributed by atoms with Gasteiger partial charge in [-0.3, -0.25) is 9.52 Å². The zero-order valence-electron chi connectivity index (χ0n) is 25.9. The zero-order valence-corrected chi connectivity index (χ0v) is 26.7. The average Bonchev–Trinajstić information content (AvgIpc) is 2.98. The second kappa shape index (κ2) is 12.4. The average molecular weight is 602 g/mol. The van der Waals surface area contributed by atoms with Crippen molar-refractivity contribution in [2.24, 2.45) is 11.3 Å². The second-order valence-electron chi connectivity index (χ2n) is 12.9. The van der Waals surface area contributed by atoms with Gasteiger partial charge in [-0.15, -0.1) is 0 Å². The van der Waals surface area contributed by atoms with Crippen molar-refractivity contribution >= 4 is 23.8 Å². The second-order valence-corrected chi connectivity index (χ2v) is 13.7. The third-order valence-electron chi connectivity index (χ3n) is 9.28. The van der Waals surface area contributed by atoms with Crippen molar-refractivity contribution < 1.29 is 14.3 Å². The van der Waals surface area contributed by atoms with Crippen LogP contribution in [0.1, 0.15) is 67.4 Å². The van der Waals surface area contributed by atoms with Crippen LogP contribution >= 0.6 is 11.9 Å². The molecule has 1 unspecified atom stereocenters. The van der Waals surface area contributed by atoms with Crippen LogP contribution in [0.5, 0.6) is 11.6 Å². The van der Waals surface area contributed by atoms with E-state index in [1.165, 1.54) is 24.8 Å². The molecule has 1 atom stereocenters. The van der Waals surface area contributed by atoms with Crippen molar-refractivity contribution in [1.82, 2.24) is 20.2 Å². The first-order chi connectivity index (χ1) is 20.8. The van der Waals surface area contributed by atoms with Gasteiger partial charge in [0.2, 0.25) is 11.7 Å². The Labute approximate surface area is 259 Å². The van der Waals surface area contributed by atoms with Crippen LogP contribution < -0.4 is 19.5 Å². The molecule has 9 heteroatoms. The number of benzene rings is 2. The highest BCUT2D eigenvalue weighted by Gasteiger charge is 2.49. The van der Waals surface area contributed by atoms with Crippen LogP contribution in [0, 0.1) is 25.2 Å². The number of ether oxygens (including phenoxy) is 2. The predicted octanol–water partition coefficient (Wildman–Crippen LogP) is 6.67. The molecule has 0 radical (unpaired) electrons. The van der Waals surface area contributed by atoms with Crippen LogP contribution in [0.15, 0.2) is 47.4 Å². The minimum Gasteiger partial charge on any atom is -0.490 e. The number of hydrogen-bond acceptors (Lipinski definition) is 8. The summed E-state index contributed by atoms with van der Waals surface area (Å²) in [6.45, 7) is 11.0. The van der Waals surface area contributed by atoms with Crippen LogP contribution in [0.2, 0.25) is 0 Å². The Hall–Kier alpha value is -3.30. The first kappa shape index (κ1) is 29.8. The minimum atomic E-state index is -0.117. The number of amides is 1. The topological polar surface area (TPSA) is 88.6 Å². The Morgan fingerprint density at radius 1 is 1.09 bits per heavy atom. The summed E-state index contributed by atoms with van der Waals surface area (Å²) in [5.41, 5.74) is 4.93. The number of nitrogens with zero attached hydrogens (tertiary/aromatic N) is 3. The van der Waals surface area contributed by atoms with Crippen LogP contribution in [0.3, 0.4) is 0 Å². The third kappa shape index (κ3) is 6.07. The van der Waals surface area contributed by atoms with Gasteiger partial charge in [-0.05, 0) is 112 Å². The highest BCUT2D eigenvalue weighted by molar-refractivity contribution is 8.00. The van der Waals surface area contributed by atoms with Gasteiger partial charge < -0.3 is 19.7 Å². The summed E-state index contributed by atoms with van der Waals surface area (Å²) in [5, 5.41) is 3.51. The molecule has 2 N–H and O–H groups in total. The zero-order chi connectivity index (χ0) is 30.1. The molecule has 228 valence electrons. The standard InChI is InChI=1S/C34H43N5O3S/c1-21(2)16-25-20-42-31-30(41-5)29(28-22(3)8-6-9-23(28)4)36-33(37-31)38-43-27-11-7-10-24(17-27)32(40)39(25)26-18-34(19-26)12-14-35-15-13-34/h6-11,17,21,25-26,35H,12-16,18-20H2,1-5H3,(H,36,37,38). The monoisotopic (exact) mass is 601 g/mol. The van der Waals surface area contributed by atoms with Gasteiger partial charge in [0.25, 0.3) is 11.8 Å². The molecule has 2 aliphatic heterocycles. The summed E-state index contributed by atoms with van der Waals surface area (Å²) in [4.78, 5) is 27.2. The Kier molecular flexibility index (Phi) is 8.56. The first-order valence-electron chi connectivity index (χ1n) is 15.5. The molecule has 3 heterocycles. The van der Waals surface area contributed by atoms with E-state index in [9.17, 15) is 4.79 Å². The molecular formula is C34H43N5O3S. The molecule has 2 fully saturated rings. The maximum absolute atomic E-state index is 14.4. The van der Waals surface area contributed by atoms with Crippen molar-refractivity contribution in [3.63, 3.8) is 0 Å². The lowest BCUT2D eigenvalue weighted by atomic mass is 9.60. The number of aromatic nitrogens is 2. The summed E-state index contributed by atoms with van der Waals surface area (Å²) in [5.74, 6) is 1.77. The highest BCUT2D eigenvalue weighted by Crippen LogP contribution is 2.51. The number of carbonyl (C=O) groups is 1. The molecular weight excluding hydrogens is 558 g/mol. The highest BCUT2D eigenvalue weighted by atomic mass is 32.2. The predicted molar refractivity (Wildman–Crippen MR) is 172 cm³/mol. The van der Waals surface area contributed by atoms with Gasteiger partial charge in [-0.1, -0.05) is 38.1 Å². The molecule has 1 saturated carbocycles. The molecule has 2 aromatic carbocycles. The smallest absolute Gasteiger partial charge is 0.262 e. The molecule has 8 nitrogen and oxygen atoms in total. The van der Waals surface area contributed by atoms with E-state index >= 15 is 0 Å². The molecule has 4 bridgehead atoms. The molecule has 3 aliphatic rings. The van der Waals surface area contributed by atoms with E-state index < -0.39 is 0 Å². The van der Waals surface area contributed by atoms with Crippen molar-refractivity contribution in [3.8, 4) is 22.9 Å². The van der Waals surface area contributed by atoms with Crippen molar-refractivity contribution in [2.45, 2.75) is 76.8 Å². The van der Waals surface area contributed by atoms with E-state index in [-0.39, 0.29) is 18.0 Å². The summed E-state index contributed by atoms with van der Waals surface area (Å²) < 4.78 is 15.9. The van der Waals surface area contributed by atoms with Gasteiger partial charge in [0.15, 0.2) is 0 Å². The quantitative estimate of drug-likeness (QED) is 0.314. The fraction of sp³-hybridized carbons (Fsp3) is 0.500. The molecule has 1 spiro atoms. The first-order valence-corrected chi connectivity index (χ1v) is 16.3. The van der Waals surface area contributed by atoms with Gasteiger partial charge in [-0.25, -0.2) is 4.98 Å². The number of rotatable bonds is 5. The maximum Gasteiger partial charge on any atom is 0.262 e. The Balaban J connectivity index is 1.43. The van der Waals surface area contributed by atoms with Gasteiger partial charge in [0.05, 0.1) is 13.2 Å². The van der Waals surface area contributed by atoms with Gasteiger partial charge >= 0.3 is 0 Å². The van der Waals surface area contributed by atoms with Crippen LogP contribution in [-0.2, 0) is 0 Å². The van der Waals surface area contributed by atoms with E-state index in [1.807, 2.05) is 30.3 Å². The molecule has 1 aliphatic carbocycles. The van der Waals surface area contributed by atoms with E-state index in [2.05, 4.69) is 54.8 Å². The maximum atomic E-state index is 14.4. The summed E-state index contributed by atoms with van der Waals surface area (Å²) in [6, 6.07) is 14.2. The van der Waals surface area contributed by atoms with Crippen LogP contribution in [0.25, 0.3) is 11.3 Å². The molecule has 3 aromatic rings. The number of fused-ring (bicyclic) bond motifs is 4. The number of piperidine rings is 1. The molecule has 1 aromatic heterocycles. The number of carbonyl (C=O) groups excluding carboxylic acids is 1. The molecule has 6 rings (SSSR count). The summed E-state index contributed by atoms with van der Waals surface area (Å²) in [7, 11) is 1.64. The van der Waals surface area contributed by atoms with E-state index in [4.69, 9.17) is 19.4 Å². The van der Waals surface area contributed by atoms with Crippen molar-refractivity contribution in [1.29, 1.82) is 0 Å². The van der Waals surface area contributed by atoms with Crippen molar-refractivity contribution in [3.05, 3.63) is 59.2 Å². The lowest BCUT2D eigenvalue weighted by molar-refractivity contribution is -0.0369. The lowest BCUT2D eigenvalue weighted by Gasteiger charge is -2.55. The fourth-order valence-corrected chi connectivity index (χ4v) is 7.81. The number of methoxy groups -OCH3 is 1. The summed E-state index contributed by atoms with van der Waals surface area (Å²) >= 11 is 1.39. The third-order valence-corrected chi connectivity index (χ3v) is 10.1. The number of hydrogen-bond donors (Lipinski definition) is 2. The number of nitrogens with one attached hydrogen (secondary N) is 2. The lowest BCUT2D eigenvalue weighted by Crippen LogP contribution is -2.59. The van der Waals surface area contributed by atoms with E-state index in [1.54, 1.807) is 7.11 Å². The fourth-order valence-electron chi connectivity index (χ4n) is 7.17. The Morgan fingerprint density at radius 3 is 2.51 bits per heavy atom. The van der Waals surface area contributed by atoms with E-state index in [0.29, 0.717) is 46.8 Å². The van der Waals surface area contributed by atoms with Crippen molar-refractivity contribution in [2.75, 3.05) is 31.5 Å². The van der Waals surface area contributed by atoms with Gasteiger partial charge in [-0.2, -0.15) is 4.98 Å². The van der Waals surface area contributed by atoms with Gasteiger partial charge in [0, 0.05) is 22.1 Å². The normalized spacial score (nSPS) is 20.4. The molecule has 1 amide bonds. The largest absolute Gasteiger partial charge is 0.490 e. The number of aryl methyl sites for hydroxylation is 2. The molecule has 1 saturated heterocycles.